The van der Waals surface area contributed by atoms with Crippen LogP contribution in [0.4, 0.5) is 5.69 Å². The minimum atomic E-state index is -3.62. The van der Waals surface area contributed by atoms with Crippen LogP contribution < -0.4 is 4.72 Å². The van der Waals surface area contributed by atoms with E-state index in [0.29, 0.717) is 11.4 Å². The van der Waals surface area contributed by atoms with E-state index in [4.69, 9.17) is 0 Å². The lowest BCUT2D eigenvalue weighted by atomic mass is 10.3. The fraction of sp³-hybridized carbons (Fsp3) is 0.333. The maximum Gasteiger partial charge on any atom is 0.278 e. The lowest BCUT2D eigenvalue weighted by Crippen LogP contribution is -2.14. The summed E-state index contributed by atoms with van der Waals surface area (Å²) in [6, 6.07) is 1.39. The Bertz CT molecular complexity index is 627. The lowest BCUT2D eigenvalue weighted by Gasteiger charge is -2.06. The predicted octanol–water partition coefficient (Wildman–Crippen LogP) is 0.561. The molecule has 0 aliphatic heterocycles. The molecule has 0 fully saturated rings. The standard InChI is InChI=1S/C9H13N5O2S/c1-6-9(7(2)14(3)12-6)13-17(15,16)8-4-5-10-11-8/h4-5,13H,1-3H3,(H,10,11). The van der Waals surface area contributed by atoms with E-state index in [9.17, 15) is 8.42 Å². The molecule has 0 amide bonds. The Balaban J connectivity index is 2.40. The molecule has 8 heteroatoms. The van der Waals surface area contributed by atoms with E-state index in [2.05, 4.69) is 20.0 Å². The van der Waals surface area contributed by atoms with Gasteiger partial charge in [-0.15, -0.1) is 0 Å². The molecule has 2 aromatic rings. The summed E-state index contributed by atoms with van der Waals surface area (Å²) in [6.07, 6.45) is 1.39. The summed E-state index contributed by atoms with van der Waals surface area (Å²) < 4.78 is 28.0. The van der Waals surface area contributed by atoms with Crippen LogP contribution in [0, 0.1) is 13.8 Å². The molecule has 0 saturated heterocycles. The summed E-state index contributed by atoms with van der Waals surface area (Å²) in [7, 11) is -1.86. The molecular weight excluding hydrogens is 242 g/mol. The predicted molar refractivity (Wildman–Crippen MR) is 62.1 cm³/mol. The van der Waals surface area contributed by atoms with Crippen LogP contribution in [0.25, 0.3) is 0 Å². The number of aromatic nitrogens is 4. The normalized spacial score (nSPS) is 11.7. The van der Waals surface area contributed by atoms with Gasteiger partial charge < -0.3 is 0 Å². The smallest absolute Gasteiger partial charge is 0.275 e. The molecule has 0 radical (unpaired) electrons. The Kier molecular flexibility index (Phi) is 2.66. The van der Waals surface area contributed by atoms with E-state index in [1.165, 1.54) is 12.3 Å². The largest absolute Gasteiger partial charge is 0.278 e. The second kappa shape index (κ2) is 3.88. The molecule has 0 aliphatic rings. The van der Waals surface area contributed by atoms with Gasteiger partial charge in [-0.25, -0.2) is 0 Å². The first-order chi connectivity index (χ1) is 7.92. The first kappa shape index (κ1) is 11.6. The van der Waals surface area contributed by atoms with Gasteiger partial charge in [0.05, 0.1) is 23.3 Å². The zero-order valence-corrected chi connectivity index (χ0v) is 10.5. The highest BCUT2D eigenvalue weighted by molar-refractivity contribution is 7.92. The fourth-order valence-electron chi connectivity index (χ4n) is 1.50. The number of aryl methyl sites for hydroxylation is 2. The maximum atomic E-state index is 12.0. The molecule has 7 nitrogen and oxygen atoms in total. The Morgan fingerprint density at radius 1 is 1.41 bits per heavy atom. The highest BCUT2D eigenvalue weighted by Gasteiger charge is 2.19. The number of H-pyrrole nitrogens is 1. The summed E-state index contributed by atoms with van der Waals surface area (Å²) in [4.78, 5) is 0. The van der Waals surface area contributed by atoms with E-state index < -0.39 is 10.0 Å². The maximum absolute atomic E-state index is 12.0. The molecule has 17 heavy (non-hydrogen) atoms. The van der Waals surface area contributed by atoms with Crippen LogP contribution in [0.1, 0.15) is 11.4 Å². The second-order valence-corrected chi connectivity index (χ2v) is 5.35. The number of nitrogens with zero attached hydrogens (tertiary/aromatic N) is 3. The third kappa shape index (κ3) is 2.03. The minimum Gasteiger partial charge on any atom is -0.275 e. The molecule has 2 N–H and O–H groups in total. The van der Waals surface area contributed by atoms with Gasteiger partial charge in [0, 0.05) is 7.05 Å². The van der Waals surface area contributed by atoms with Crippen LogP contribution in [0.2, 0.25) is 0 Å². The number of hydrogen-bond donors (Lipinski definition) is 2. The third-order valence-corrected chi connectivity index (χ3v) is 3.79. The molecule has 92 valence electrons. The van der Waals surface area contributed by atoms with Gasteiger partial charge in [-0.1, -0.05) is 0 Å². The van der Waals surface area contributed by atoms with Crippen LogP contribution in [0.3, 0.4) is 0 Å². The molecular formula is C9H13N5O2S. The highest BCUT2D eigenvalue weighted by atomic mass is 32.2. The van der Waals surface area contributed by atoms with Crippen molar-refractivity contribution in [1.82, 2.24) is 20.0 Å². The first-order valence-corrected chi connectivity index (χ1v) is 6.42. The summed E-state index contributed by atoms with van der Waals surface area (Å²) in [5.41, 5.74) is 1.89. The molecule has 0 unspecified atom stereocenters. The third-order valence-electron chi connectivity index (χ3n) is 2.51. The van der Waals surface area contributed by atoms with E-state index in [1.54, 1.807) is 25.6 Å². The number of nitrogens with one attached hydrogen (secondary N) is 2. The van der Waals surface area contributed by atoms with Gasteiger partial charge in [0.1, 0.15) is 0 Å². The van der Waals surface area contributed by atoms with Gasteiger partial charge in [-0.2, -0.15) is 18.6 Å². The highest BCUT2D eigenvalue weighted by Crippen LogP contribution is 2.21. The van der Waals surface area contributed by atoms with E-state index in [0.717, 1.165) is 5.69 Å². The van der Waals surface area contributed by atoms with Gasteiger partial charge in [0.2, 0.25) is 0 Å². The Morgan fingerprint density at radius 2 is 2.12 bits per heavy atom. The first-order valence-electron chi connectivity index (χ1n) is 4.94. The van der Waals surface area contributed by atoms with Crippen LogP contribution in [0.15, 0.2) is 17.3 Å². The average molecular weight is 255 g/mol. The van der Waals surface area contributed by atoms with Crippen molar-refractivity contribution in [3.05, 3.63) is 23.7 Å². The number of aromatic amines is 1. The van der Waals surface area contributed by atoms with Gasteiger partial charge in [-0.3, -0.25) is 14.5 Å². The van der Waals surface area contributed by atoms with Crippen molar-refractivity contribution in [3.63, 3.8) is 0 Å². The van der Waals surface area contributed by atoms with Crippen LogP contribution >= 0.6 is 0 Å². The number of anilines is 1. The van der Waals surface area contributed by atoms with Crippen molar-refractivity contribution < 1.29 is 8.42 Å². The molecule has 0 spiro atoms. The van der Waals surface area contributed by atoms with E-state index >= 15 is 0 Å². The van der Waals surface area contributed by atoms with Crippen molar-refractivity contribution in [2.45, 2.75) is 18.9 Å². The van der Waals surface area contributed by atoms with Crippen molar-refractivity contribution in [3.8, 4) is 0 Å². The Morgan fingerprint density at radius 3 is 2.59 bits per heavy atom. The molecule has 2 rings (SSSR count). The van der Waals surface area contributed by atoms with Crippen LogP contribution in [0.5, 0.6) is 0 Å². The van der Waals surface area contributed by atoms with Gasteiger partial charge >= 0.3 is 0 Å². The van der Waals surface area contributed by atoms with Crippen molar-refractivity contribution in [2.24, 2.45) is 7.05 Å². The fourth-order valence-corrected chi connectivity index (χ4v) is 2.59. The topological polar surface area (TPSA) is 92.7 Å². The molecule has 0 saturated carbocycles. The number of hydrogen-bond acceptors (Lipinski definition) is 4. The van der Waals surface area contributed by atoms with E-state index in [1.807, 2.05) is 0 Å². The Labute approximate surface area is 98.9 Å². The summed E-state index contributed by atoms with van der Waals surface area (Å²) in [6.45, 7) is 3.54. The zero-order valence-electron chi connectivity index (χ0n) is 9.72. The van der Waals surface area contributed by atoms with Gasteiger partial charge in [-0.05, 0) is 19.9 Å². The molecule has 2 heterocycles. The van der Waals surface area contributed by atoms with Gasteiger partial charge in [0.15, 0.2) is 5.03 Å². The molecule has 0 aliphatic carbocycles. The minimum absolute atomic E-state index is 0.0279. The molecule has 0 aromatic carbocycles. The summed E-state index contributed by atoms with van der Waals surface area (Å²) in [5, 5.41) is 10.2. The van der Waals surface area contributed by atoms with E-state index in [-0.39, 0.29) is 5.03 Å². The van der Waals surface area contributed by atoms with Crippen LogP contribution in [-0.4, -0.2) is 28.4 Å². The summed E-state index contributed by atoms with van der Waals surface area (Å²) >= 11 is 0. The van der Waals surface area contributed by atoms with Gasteiger partial charge in [0.25, 0.3) is 10.0 Å². The van der Waals surface area contributed by atoms with Crippen molar-refractivity contribution in [1.29, 1.82) is 0 Å². The molecule has 2 aromatic heterocycles. The average Bonchev–Trinajstić information content (AvgIpc) is 2.84. The second-order valence-electron chi connectivity index (χ2n) is 3.70. The number of sulfonamides is 1. The monoisotopic (exact) mass is 255 g/mol. The Hall–Kier alpha value is -1.83. The lowest BCUT2D eigenvalue weighted by molar-refractivity contribution is 0.597. The number of rotatable bonds is 3. The molecule has 0 atom stereocenters. The van der Waals surface area contributed by atoms with Crippen LogP contribution in [-0.2, 0) is 17.1 Å². The SMILES string of the molecule is Cc1nn(C)c(C)c1NS(=O)(=O)c1ccn[nH]1. The summed E-state index contributed by atoms with van der Waals surface area (Å²) in [5.74, 6) is 0. The quantitative estimate of drug-likeness (QED) is 0.838. The van der Waals surface area contributed by atoms with Crippen molar-refractivity contribution in [2.75, 3.05) is 4.72 Å². The zero-order chi connectivity index (χ0) is 12.6. The van der Waals surface area contributed by atoms with Crippen molar-refractivity contribution >= 4 is 15.7 Å². The molecule has 0 bridgehead atoms.